The lowest BCUT2D eigenvalue weighted by molar-refractivity contribution is 0.598. The lowest BCUT2D eigenvalue weighted by Crippen LogP contribution is -2.05. The molecule has 1 atom stereocenters. The van der Waals surface area contributed by atoms with Crippen LogP contribution in [0.3, 0.4) is 0 Å². The Labute approximate surface area is 158 Å². The van der Waals surface area contributed by atoms with E-state index in [1.54, 1.807) is 0 Å². The van der Waals surface area contributed by atoms with Crippen LogP contribution in [0.5, 0.6) is 0 Å². The highest BCUT2D eigenvalue weighted by Crippen LogP contribution is 2.33. The molecule has 0 spiro atoms. The van der Waals surface area contributed by atoms with Crippen molar-refractivity contribution in [3.63, 3.8) is 0 Å². The summed E-state index contributed by atoms with van der Waals surface area (Å²) in [4.78, 5) is 3.55. The van der Waals surface area contributed by atoms with Crippen LogP contribution in [0.15, 0.2) is 97.1 Å². The molecule has 27 heavy (non-hydrogen) atoms. The number of para-hydroxylation sites is 2. The lowest BCUT2D eigenvalue weighted by atomic mass is 10.0. The molecule has 0 saturated carbocycles. The lowest BCUT2D eigenvalue weighted by Gasteiger charge is -2.07. The second-order valence-electron chi connectivity index (χ2n) is 6.67. The van der Waals surface area contributed by atoms with Crippen molar-refractivity contribution in [2.24, 2.45) is 0 Å². The minimum atomic E-state index is -1.96. The zero-order valence-corrected chi connectivity index (χ0v) is 15.6. The van der Waals surface area contributed by atoms with Crippen molar-refractivity contribution >= 4 is 40.2 Å². The molecular weight excluding hydrogens is 349 g/mol. The van der Waals surface area contributed by atoms with E-state index < -0.39 is 7.80 Å². The predicted molar refractivity (Wildman–Crippen MR) is 116 cm³/mol. The Morgan fingerprint density at radius 1 is 0.593 bits per heavy atom. The average molecular weight is 367 g/mol. The third-order valence-electron chi connectivity index (χ3n) is 5.04. The van der Waals surface area contributed by atoms with E-state index in [0.29, 0.717) is 0 Å². The first-order valence-corrected chi connectivity index (χ1v) is 10.4. The van der Waals surface area contributed by atoms with Gasteiger partial charge in [0.2, 0.25) is 0 Å². The zero-order valence-electron chi connectivity index (χ0n) is 14.6. The topological polar surface area (TPSA) is 32.9 Å². The van der Waals surface area contributed by atoms with Crippen molar-refractivity contribution in [1.82, 2.24) is 4.98 Å². The highest BCUT2D eigenvalue weighted by molar-refractivity contribution is 7.61. The fraction of sp³-hybridized carbons (Fsp3) is 0. The molecule has 0 saturated heterocycles. The number of aromatic amines is 1. The molecule has 4 aromatic carbocycles. The summed E-state index contributed by atoms with van der Waals surface area (Å²) in [5, 5.41) is 4.25. The molecule has 0 aliphatic heterocycles. The molecule has 2 nitrogen and oxygen atoms in total. The van der Waals surface area contributed by atoms with Crippen LogP contribution in [0, 0.1) is 0 Å². The fourth-order valence-corrected chi connectivity index (χ4v) is 4.97. The van der Waals surface area contributed by atoms with Gasteiger partial charge in [-0.1, -0.05) is 91.0 Å². The molecule has 3 heteroatoms. The Morgan fingerprint density at radius 2 is 1.26 bits per heavy atom. The second kappa shape index (κ2) is 6.57. The minimum Gasteiger partial charge on any atom is -0.354 e. The van der Waals surface area contributed by atoms with Gasteiger partial charge in [-0.25, -0.2) is 0 Å². The minimum absolute atomic E-state index is 0.888. The molecule has 130 valence electrons. The summed E-state index contributed by atoms with van der Waals surface area (Å²) in [5.74, 6) is 0. The van der Waals surface area contributed by atoms with Gasteiger partial charge in [-0.15, -0.1) is 0 Å². The molecule has 0 amide bonds. The summed E-state index contributed by atoms with van der Waals surface area (Å²) in [6.45, 7) is 0. The highest BCUT2D eigenvalue weighted by Gasteiger charge is 2.11. The van der Waals surface area contributed by atoms with E-state index in [1.807, 2.05) is 48.5 Å². The Bertz CT molecular complexity index is 1270. The molecule has 1 aromatic heterocycles. The highest BCUT2D eigenvalue weighted by atomic mass is 31.1. The van der Waals surface area contributed by atoms with Gasteiger partial charge in [-0.05, 0) is 11.6 Å². The number of benzene rings is 4. The van der Waals surface area contributed by atoms with E-state index in [-0.39, 0.29) is 0 Å². The molecule has 5 aromatic rings. The van der Waals surface area contributed by atoms with Crippen molar-refractivity contribution < 1.29 is 4.57 Å². The molecule has 1 unspecified atom stereocenters. The Morgan fingerprint density at radius 3 is 2.07 bits per heavy atom. The molecule has 0 radical (unpaired) electrons. The molecule has 1 heterocycles. The van der Waals surface area contributed by atoms with Crippen LogP contribution in [0.2, 0.25) is 0 Å². The summed E-state index contributed by atoms with van der Waals surface area (Å²) in [6, 6.07) is 32.5. The van der Waals surface area contributed by atoms with Gasteiger partial charge >= 0.3 is 0 Å². The number of aromatic nitrogens is 1. The van der Waals surface area contributed by atoms with E-state index in [2.05, 4.69) is 53.5 Å². The maximum atomic E-state index is 12.8. The third-order valence-corrected chi connectivity index (χ3v) is 6.75. The van der Waals surface area contributed by atoms with Crippen molar-refractivity contribution in [2.45, 2.75) is 0 Å². The quantitative estimate of drug-likeness (QED) is 0.420. The summed E-state index contributed by atoms with van der Waals surface area (Å²) in [6.07, 6.45) is 0. The number of H-pyrrole nitrogens is 1. The summed E-state index contributed by atoms with van der Waals surface area (Å²) in [7, 11) is -1.96. The first kappa shape index (κ1) is 16.1. The molecule has 0 fully saturated rings. The summed E-state index contributed by atoms with van der Waals surface area (Å²) in [5.41, 5.74) is 4.57. The van der Waals surface area contributed by atoms with Gasteiger partial charge in [-0.2, -0.15) is 0 Å². The standard InChI is InChI=1S/C24H18NOP/c26-27(18-7-2-1-3-8-18)19-15-13-17(14-16-19)20-10-6-11-22-21-9-4-5-12-23(21)25-24(20)22/h1-16,25,27H. The largest absolute Gasteiger partial charge is 0.354 e. The Balaban J connectivity index is 1.58. The van der Waals surface area contributed by atoms with E-state index in [9.17, 15) is 4.57 Å². The molecular formula is C24H18NOP. The average Bonchev–Trinajstić information content (AvgIpc) is 3.13. The van der Waals surface area contributed by atoms with E-state index in [0.717, 1.165) is 32.8 Å². The van der Waals surface area contributed by atoms with E-state index in [1.165, 1.54) is 10.8 Å². The Kier molecular flexibility index (Phi) is 3.92. The van der Waals surface area contributed by atoms with Crippen molar-refractivity contribution in [2.75, 3.05) is 0 Å². The first-order valence-electron chi connectivity index (χ1n) is 9.01. The normalized spacial score (nSPS) is 12.4. The Hall–Kier alpha value is -3.09. The van der Waals surface area contributed by atoms with Crippen LogP contribution in [0.4, 0.5) is 0 Å². The van der Waals surface area contributed by atoms with Crippen molar-refractivity contribution in [3.8, 4) is 11.1 Å². The van der Waals surface area contributed by atoms with Crippen molar-refractivity contribution in [3.05, 3.63) is 97.1 Å². The first-order chi connectivity index (χ1) is 13.3. The van der Waals surface area contributed by atoms with Crippen LogP contribution in [0.1, 0.15) is 0 Å². The number of hydrogen-bond donors (Lipinski definition) is 1. The van der Waals surface area contributed by atoms with Crippen LogP contribution in [-0.4, -0.2) is 4.98 Å². The molecule has 5 rings (SSSR count). The van der Waals surface area contributed by atoms with Gasteiger partial charge in [0.15, 0.2) is 0 Å². The third kappa shape index (κ3) is 2.79. The van der Waals surface area contributed by atoms with Crippen LogP contribution >= 0.6 is 7.80 Å². The number of rotatable bonds is 3. The number of fused-ring (bicyclic) bond motifs is 3. The number of nitrogens with one attached hydrogen (secondary N) is 1. The molecule has 0 bridgehead atoms. The maximum Gasteiger partial charge on any atom is 0.131 e. The summed E-state index contributed by atoms with van der Waals surface area (Å²) >= 11 is 0. The summed E-state index contributed by atoms with van der Waals surface area (Å²) < 4.78 is 12.8. The van der Waals surface area contributed by atoms with Gasteiger partial charge in [0.05, 0.1) is 5.52 Å². The van der Waals surface area contributed by atoms with Crippen LogP contribution in [-0.2, 0) is 4.57 Å². The van der Waals surface area contributed by atoms with Crippen LogP contribution in [0.25, 0.3) is 32.9 Å². The van der Waals surface area contributed by atoms with Gasteiger partial charge < -0.3 is 9.55 Å². The molecule has 1 N–H and O–H groups in total. The van der Waals surface area contributed by atoms with E-state index >= 15 is 0 Å². The fourth-order valence-electron chi connectivity index (χ4n) is 3.67. The predicted octanol–water partition coefficient (Wildman–Crippen LogP) is 5.50. The van der Waals surface area contributed by atoms with Gasteiger partial charge in [-0.3, -0.25) is 0 Å². The van der Waals surface area contributed by atoms with Gasteiger partial charge in [0.1, 0.15) is 7.80 Å². The van der Waals surface area contributed by atoms with E-state index in [4.69, 9.17) is 0 Å². The number of hydrogen-bond acceptors (Lipinski definition) is 1. The SMILES string of the molecule is O=[PH](c1ccccc1)c1ccc(-c2cccc3c2[nH]c2ccccc23)cc1. The zero-order chi connectivity index (χ0) is 18.2. The second-order valence-corrected chi connectivity index (χ2v) is 8.48. The molecule has 0 aliphatic rings. The van der Waals surface area contributed by atoms with Gasteiger partial charge in [0.25, 0.3) is 0 Å². The van der Waals surface area contributed by atoms with Crippen LogP contribution < -0.4 is 10.6 Å². The van der Waals surface area contributed by atoms with Gasteiger partial charge in [0, 0.05) is 32.5 Å². The monoisotopic (exact) mass is 367 g/mol. The van der Waals surface area contributed by atoms with Crippen molar-refractivity contribution in [1.29, 1.82) is 0 Å². The smallest absolute Gasteiger partial charge is 0.131 e. The molecule has 0 aliphatic carbocycles. The maximum absolute atomic E-state index is 12.8.